The number of phenolic OH excluding ortho intramolecular Hbond substituents is 1. The second-order valence-electron chi connectivity index (χ2n) is 6.96. The van der Waals surface area contributed by atoms with Crippen LogP contribution in [0.2, 0.25) is 0 Å². The molecule has 0 saturated carbocycles. The van der Waals surface area contributed by atoms with Crippen LogP contribution in [0, 0.1) is 5.82 Å². The van der Waals surface area contributed by atoms with Crippen LogP contribution in [-0.2, 0) is 22.0 Å². The molecule has 0 spiro atoms. The molecular formula is C23H20FNO3S. The molecular weight excluding hydrogens is 389 g/mol. The van der Waals surface area contributed by atoms with Gasteiger partial charge in [-0.1, -0.05) is 42.5 Å². The Hall–Kier alpha value is -2.99. The summed E-state index contributed by atoms with van der Waals surface area (Å²) in [6, 6.07) is 21.6. The molecule has 1 heterocycles. The first-order chi connectivity index (χ1) is 14.0. The second-order valence-corrected chi connectivity index (χ2v) is 8.64. The Morgan fingerprint density at radius 1 is 0.931 bits per heavy atom. The third-order valence-electron chi connectivity index (χ3n) is 5.10. The van der Waals surface area contributed by atoms with Gasteiger partial charge in [-0.3, -0.25) is 9.00 Å². The normalized spacial score (nSPS) is 19.6. The number of carbonyl (C=O) groups excluding carboxylic acids is 1. The van der Waals surface area contributed by atoms with Crippen LogP contribution >= 0.6 is 0 Å². The summed E-state index contributed by atoms with van der Waals surface area (Å²) < 4.78 is 26.4. The fraction of sp³-hybridized carbons (Fsp3) is 0.174. The quantitative estimate of drug-likeness (QED) is 0.627. The number of rotatable bonds is 6. The molecule has 148 valence electrons. The number of anilines is 1. The zero-order chi connectivity index (χ0) is 20.4. The Bertz CT molecular complexity index is 1020. The van der Waals surface area contributed by atoms with E-state index in [2.05, 4.69) is 0 Å². The number of phenols is 1. The number of β-lactam (4-membered cyclic amide) rings is 1. The van der Waals surface area contributed by atoms with Gasteiger partial charge in [-0.05, 0) is 53.9 Å². The van der Waals surface area contributed by atoms with E-state index in [1.807, 2.05) is 30.3 Å². The molecule has 1 aliphatic rings. The summed E-state index contributed by atoms with van der Waals surface area (Å²) in [5.74, 6) is -0.117. The first-order valence-corrected chi connectivity index (χ1v) is 10.7. The summed E-state index contributed by atoms with van der Waals surface area (Å²) >= 11 is 0. The first kappa shape index (κ1) is 19.3. The van der Waals surface area contributed by atoms with Crippen molar-refractivity contribution >= 4 is 22.4 Å². The van der Waals surface area contributed by atoms with Gasteiger partial charge < -0.3 is 10.0 Å². The molecule has 1 fully saturated rings. The molecule has 1 saturated heterocycles. The Kier molecular flexibility index (Phi) is 5.45. The van der Waals surface area contributed by atoms with E-state index >= 15 is 0 Å². The van der Waals surface area contributed by atoms with E-state index in [1.54, 1.807) is 41.3 Å². The lowest BCUT2D eigenvalue weighted by atomic mass is 9.92. The molecule has 0 unspecified atom stereocenters. The van der Waals surface area contributed by atoms with Gasteiger partial charge in [-0.25, -0.2) is 4.39 Å². The zero-order valence-electron chi connectivity index (χ0n) is 15.6. The van der Waals surface area contributed by atoms with Crippen LogP contribution in [0.4, 0.5) is 10.1 Å². The maximum atomic E-state index is 13.3. The van der Waals surface area contributed by atoms with Gasteiger partial charge in [0, 0.05) is 22.2 Å². The minimum absolute atomic E-state index is 0.120. The summed E-state index contributed by atoms with van der Waals surface area (Å²) in [7, 11) is -1.37. The van der Waals surface area contributed by atoms with Crippen molar-refractivity contribution in [3.05, 3.63) is 95.8 Å². The summed E-state index contributed by atoms with van der Waals surface area (Å²) in [5.41, 5.74) is 2.42. The Morgan fingerprint density at radius 3 is 2.24 bits per heavy atom. The number of amides is 1. The number of benzene rings is 3. The van der Waals surface area contributed by atoms with E-state index in [1.165, 1.54) is 12.1 Å². The number of hydrogen-bond acceptors (Lipinski definition) is 3. The van der Waals surface area contributed by atoms with Crippen LogP contribution in [0.5, 0.6) is 5.75 Å². The molecule has 4 rings (SSSR count). The summed E-state index contributed by atoms with van der Waals surface area (Å²) in [4.78, 5) is 14.5. The molecule has 3 aromatic carbocycles. The highest BCUT2D eigenvalue weighted by Gasteiger charge is 2.52. The van der Waals surface area contributed by atoms with Gasteiger partial charge in [0.2, 0.25) is 5.91 Å². The van der Waals surface area contributed by atoms with E-state index < -0.39 is 22.1 Å². The molecule has 6 heteroatoms. The van der Waals surface area contributed by atoms with Crippen LogP contribution in [0.25, 0.3) is 0 Å². The van der Waals surface area contributed by atoms with Crippen molar-refractivity contribution < 1.29 is 18.5 Å². The van der Waals surface area contributed by atoms with E-state index in [0.29, 0.717) is 17.9 Å². The molecule has 1 amide bonds. The van der Waals surface area contributed by atoms with Crippen molar-refractivity contribution in [2.45, 2.75) is 17.7 Å². The van der Waals surface area contributed by atoms with E-state index in [4.69, 9.17) is 0 Å². The van der Waals surface area contributed by atoms with Crippen LogP contribution < -0.4 is 4.90 Å². The SMILES string of the molecule is O=C1[C@H]([S@@](=O)CCc2ccccc2)[C@@H](c2ccc(O)cc2)N1c1ccc(F)cc1. The standard InChI is InChI=1S/C23H20FNO3S/c24-18-8-10-19(11-9-18)25-21(17-6-12-20(26)13-7-17)22(23(25)27)29(28)15-14-16-4-2-1-3-5-16/h1-13,21-22,26H,14-15H2/t21-,22-,29+/m1/s1. The molecule has 1 aliphatic heterocycles. The molecule has 3 aromatic rings. The first-order valence-electron chi connectivity index (χ1n) is 9.33. The van der Waals surface area contributed by atoms with Crippen LogP contribution in [0.3, 0.4) is 0 Å². The van der Waals surface area contributed by atoms with Crippen molar-refractivity contribution in [3.8, 4) is 5.75 Å². The molecule has 0 aliphatic carbocycles. The lowest BCUT2D eigenvalue weighted by Crippen LogP contribution is -2.61. The van der Waals surface area contributed by atoms with Gasteiger partial charge >= 0.3 is 0 Å². The van der Waals surface area contributed by atoms with Crippen molar-refractivity contribution in [2.24, 2.45) is 0 Å². The lowest BCUT2D eigenvalue weighted by Gasteiger charge is -2.46. The number of aromatic hydroxyl groups is 1. The smallest absolute Gasteiger partial charge is 0.245 e. The van der Waals surface area contributed by atoms with Gasteiger partial charge in [0.1, 0.15) is 16.8 Å². The van der Waals surface area contributed by atoms with E-state index in [0.717, 1.165) is 11.1 Å². The molecule has 29 heavy (non-hydrogen) atoms. The minimum Gasteiger partial charge on any atom is -0.508 e. The number of aryl methyl sites for hydroxylation is 1. The average Bonchev–Trinajstić information content (AvgIpc) is 2.73. The molecule has 1 N–H and O–H groups in total. The largest absolute Gasteiger partial charge is 0.508 e. The predicted octanol–water partition coefficient (Wildman–Crippen LogP) is 3.98. The molecule has 0 bridgehead atoms. The fourth-order valence-corrected chi connectivity index (χ4v) is 5.19. The van der Waals surface area contributed by atoms with Gasteiger partial charge in [-0.2, -0.15) is 0 Å². The van der Waals surface area contributed by atoms with Gasteiger partial charge in [-0.15, -0.1) is 0 Å². The van der Waals surface area contributed by atoms with E-state index in [-0.39, 0.29) is 17.5 Å². The highest BCUT2D eigenvalue weighted by atomic mass is 32.2. The topological polar surface area (TPSA) is 57.6 Å². The number of nitrogens with zero attached hydrogens (tertiary/aromatic N) is 1. The lowest BCUT2D eigenvalue weighted by molar-refractivity contribution is -0.123. The highest BCUT2D eigenvalue weighted by Crippen LogP contribution is 2.42. The summed E-state index contributed by atoms with van der Waals surface area (Å²) in [6.07, 6.45) is 0.621. The average molecular weight is 409 g/mol. The van der Waals surface area contributed by atoms with Gasteiger partial charge in [0.05, 0.1) is 6.04 Å². The highest BCUT2D eigenvalue weighted by molar-refractivity contribution is 7.86. The second kappa shape index (κ2) is 8.17. The fourth-order valence-electron chi connectivity index (χ4n) is 3.59. The molecule has 0 aromatic heterocycles. The third kappa shape index (κ3) is 3.93. The zero-order valence-corrected chi connectivity index (χ0v) is 16.4. The van der Waals surface area contributed by atoms with Gasteiger partial charge in [0.15, 0.2) is 0 Å². The summed E-state index contributed by atoms with van der Waals surface area (Å²) in [5, 5.41) is 8.92. The Balaban J connectivity index is 1.59. The monoisotopic (exact) mass is 409 g/mol. The van der Waals surface area contributed by atoms with Crippen molar-refractivity contribution in [2.75, 3.05) is 10.7 Å². The van der Waals surface area contributed by atoms with E-state index in [9.17, 15) is 18.5 Å². The van der Waals surface area contributed by atoms with Gasteiger partial charge in [0.25, 0.3) is 0 Å². The molecule has 0 radical (unpaired) electrons. The number of carbonyl (C=O) groups is 1. The maximum Gasteiger partial charge on any atom is 0.245 e. The number of halogens is 1. The predicted molar refractivity (Wildman–Crippen MR) is 112 cm³/mol. The number of hydrogen-bond donors (Lipinski definition) is 1. The third-order valence-corrected chi connectivity index (χ3v) is 6.74. The van der Waals surface area contributed by atoms with Crippen molar-refractivity contribution in [1.29, 1.82) is 0 Å². The van der Waals surface area contributed by atoms with Crippen molar-refractivity contribution in [3.63, 3.8) is 0 Å². The van der Waals surface area contributed by atoms with Crippen LogP contribution in [0.15, 0.2) is 78.9 Å². The molecule has 3 atom stereocenters. The Labute approximate surface area is 171 Å². The van der Waals surface area contributed by atoms with Crippen LogP contribution in [-0.4, -0.2) is 26.2 Å². The summed E-state index contributed by atoms with van der Waals surface area (Å²) in [6.45, 7) is 0. The Morgan fingerprint density at radius 2 is 1.59 bits per heavy atom. The van der Waals surface area contributed by atoms with Crippen molar-refractivity contribution in [1.82, 2.24) is 0 Å². The minimum atomic E-state index is -1.37. The maximum absolute atomic E-state index is 13.3. The van der Waals surface area contributed by atoms with Crippen LogP contribution in [0.1, 0.15) is 17.2 Å². The molecule has 4 nitrogen and oxygen atoms in total.